The van der Waals surface area contributed by atoms with Gasteiger partial charge in [0.1, 0.15) is 23.7 Å². The van der Waals surface area contributed by atoms with Gasteiger partial charge in [-0.15, -0.1) is 0 Å². The highest BCUT2D eigenvalue weighted by molar-refractivity contribution is 5.95. The number of carbonyl (C=O) groups is 1. The second kappa shape index (κ2) is 6.11. The highest BCUT2D eigenvalue weighted by atomic mass is 19.1. The molecule has 2 heterocycles. The van der Waals surface area contributed by atoms with Crippen molar-refractivity contribution in [2.45, 2.75) is 32.1 Å². The lowest BCUT2D eigenvalue weighted by Crippen LogP contribution is -2.40. The fraction of sp³-hybridized carbons (Fsp3) is 0.450. The van der Waals surface area contributed by atoms with Crippen molar-refractivity contribution in [2.75, 3.05) is 18.0 Å². The second-order valence-electron chi connectivity index (χ2n) is 7.32. The maximum absolute atomic E-state index is 14.6. The maximum atomic E-state index is 14.6. The molecule has 2 fully saturated rings. The molecule has 4 nitrogen and oxygen atoms in total. The van der Waals surface area contributed by atoms with E-state index in [0.29, 0.717) is 30.1 Å². The third-order valence-electron chi connectivity index (χ3n) is 5.55. The van der Waals surface area contributed by atoms with Crippen LogP contribution in [0, 0.1) is 29.0 Å². The Bertz CT molecular complexity index is 885. The lowest BCUT2D eigenvalue weighted by atomic mass is 9.87. The van der Waals surface area contributed by atoms with Crippen molar-refractivity contribution < 1.29 is 9.18 Å². The highest BCUT2D eigenvalue weighted by Gasteiger charge is 2.30. The van der Waals surface area contributed by atoms with Crippen molar-refractivity contribution >= 4 is 22.9 Å². The minimum atomic E-state index is -0.319. The third-order valence-corrected chi connectivity index (χ3v) is 5.55. The van der Waals surface area contributed by atoms with Gasteiger partial charge in [-0.2, -0.15) is 5.26 Å². The first-order chi connectivity index (χ1) is 12.1. The molecule has 0 bridgehead atoms. The van der Waals surface area contributed by atoms with Gasteiger partial charge in [0.05, 0.1) is 11.3 Å². The molecule has 25 heavy (non-hydrogen) atoms. The molecule has 128 valence electrons. The summed E-state index contributed by atoms with van der Waals surface area (Å²) in [5.41, 5.74) is 2.56. The third kappa shape index (κ3) is 2.76. The Labute approximate surface area is 146 Å². The average molecular weight is 337 g/mol. The molecule has 1 saturated heterocycles. The molecule has 0 radical (unpaired) electrons. The van der Waals surface area contributed by atoms with Crippen LogP contribution in [0.1, 0.15) is 43.2 Å². The van der Waals surface area contributed by atoms with E-state index in [2.05, 4.69) is 22.9 Å². The Morgan fingerprint density at radius 3 is 2.80 bits per heavy atom. The zero-order valence-electron chi connectivity index (χ0n) is 14.2. The largest absolute Gasteiger partial charge is 0.370 e. The van der Waals surface area contributed by atoms with Crippen molar-refractivity contribution in [3.63, 3.8) is 0 Å². The van der Waals surface area contributed by atoms with Crippen molar-refractivity contribution in [3.05, 3.63) is 35.3 Å². The molecule has 0 spiro atoms. The summed E-state index contributed by atoms with van der Waals surface area (Å²) in [5, 5.41) is 10.3. The molecule has 1 saturated carbocycles. The van der Waals surface area contributed by atoms with Gasteiger partial charge in [-0.05, 0) is 48.8 Å². The Hall–Kier alpha value is -2.48. The van der Waals surface area contributed by atoms with E-state index in [-0.39, 0.29) is 17.7 Å². The van der Waals surface area contributed by atoms with Crippen LogP contribution in [0.2, 0.25) is 0 Å². The second-order valence-corrected chi connectivity index (χ2v) is 7.32. The van der Waals surface area contributed by atoms with Gasteiger partial charge in [-0.25, -0.2) is 4.39 Å². The zero-order valence-corrected chi connectivity index (χ0v) is 14.2. The van der Waals surface area contributed by atoms with E-state index < -0.39 is 0 Å². The van der Waals surface area contributed by atoms with Crippen molar-refractivity contribution in [3.8, 4) is 6.07 Å². The molecule has 2 aliphatic rings. The quantitative estimate of drug-likeness (QED) is 0.800. The van der Waals surface area contributed by atoms with E-state index in [1.807, 2.05) is 6.07 Å². The number of benzene rings is 1. The molecule has 1 aromatic heterocycles. The summed E-state index contributed by atoms with van der Waals surface area (Å²) < 4.78 is 14.6. The van der Waals surface area contributed by atoms with Crippen LogP contribution in [0.15, 0.2) is 18.3 Å². The molecule has 0 amide bonds. The number of aromatic nitrogens is 1. The molecule has 5 heteroatoms. The molecular formula is C20H20FN3O. The van der Waals surface area contributed by atoms with Crippen molar-refractivity contribution in [1.82, 2.24) is 4.98 Å². The van der Waals surface area contributed by atoms with Crippen molar-refractivity contribution in [2.24, 2.45) is 11.8 Å². The van der Waals surface area contributed by atoms with E-state index in [4.69, 9.17) is 0 Å². The Morgan fingerprint density at radius 1 is 1.36 bits per heavy atom. The van der Waals surface area contributed by atoms with Crippen LogP contribution < -0.4 is 4.90 Å². The lowest BCUT2D eigenvalue weighted by Gasteiger charge is -2.37. The van der Waals surface area contributed by atoms with Crippen LogP contribution in [-0.4, -0.2) is 24.4 Å². The summed E-state index contributed by atoms with van der Waals surface area (Å²) in [6, 6.07) is 5.81. The van der Waals surface area contributed by atoms with E-state index in [0.717, 1.165) is 42.2 Å². The number of hydrogen-bond donors (Lipinski definition) is 0. The summed E-state index contributed by atoms with van der Waals surface area (Å²) in [6.07, 6.45) is 5.43. The summed E-state index contributed by atoms with van der Waals surface area (Å²) in [6.45, 7) is 3.43. The number of carbonyl (C=O) groups excluding carboxylic acids is 1. The van der Waals surface area contributed by atoms with Gasteiger partial charge in [0.2, 0.25) is 0 Å². The molecule has 2 unspecified atom stereocenters. The van der Waals surface area contributed by atoms with E-state index in [9.17, 15) is 14.4 Å². The molecule has 0 N–H and O–H groups in total. The van der Waals surface area contributed by atoms with Crippen LogP contribution in [0.25, 0.3) is 10.9 Å². The Kier molecular flexibility index (Phi) is 3.91. The van der Waals surface area contributed by atoms with Gasteiger partial charge in [0.15, 0.2) is 0 Å². The topological polar surface area (TPSA) is 57.0 Å². The number of rotatable bonds is 3. The van der Waals surface area contributed by atoms with E-state index >= 15 is 0 Å². The standard InChI is InChI=1S/C20H20FN3O/c1-12-10-24(5-4-14(12)11-25)20-16(8-22)9-23-19-17(20)6-15(7-18(19)21)13-2-3-13/h6-7,9,11-14H,2-5,10H2,1H3. The molecule has 1 aromatic carbocycles. The van der Waals surface area contributed by atoms with Crippen molar-refractivity contribution in [1.29, 1.82) is 5.26 Å². The number of hydrogen-bond acceptors (Lipinski definition) is 4. The van der Waals surface area contributed by atoms with Crippen LogP contribution in [0.4, 0.5) is 10.1 Å². The first kappa shape index (κ1) is 16.0. The fourth-order valence-corrected chi connectivity index (χ4v) is 3.91. The van der Waals surface area contributed by atoms with E-state index in [1.165, 1.54) is 6.20 Å². The number of aldehydes is 1. The monoisotopic (exact) mass is 337 g/mol. The van der Waals surface area contributed by atoms with Gasteiger partial charge >= 0.3 is 0 Å². The number of anilines is 1. The summed E-state index contributed by atoms with van der Waals surface area (Å²) in [7, 11) is 0. The zero-order chi connectivity index (χ0) is 17.6. The molecular weight excluding hydrogens is 317 g/mol. The van der Waals surface area contributed by atoms with Gasteiger partial charge in [0.25, 0.3) is 0 Å². The molecule has 4 rings (SSSR count). The lowest BCUT2D eigenvalue weighted by molar-refractivity contribution is -0.112. The van der Waals surface area contributed by atoms with Crippen LogP contribution in [-0.2, 0) is 4.79 Å². The first-order valence-electron chi connectivity index (χ1n) is 8.85. The number of nitrogens with zero attached hydrogens (tertiary/aromatic N) is 3. The molecule has 2 atom stereocenters. The predicted octanol–water partition coefficient (Wildman–Crippen LogP) is 3.78. The Balaban J connectivity index is 1.86. The smallest absolute Gasteiger partial charge is 0.149 e. The van der Waals surface area contributed by atoms with Gasteiger partial charge < -0.3 is 9.69 Å². The SMILES string of the molecule is CC1CN(c2c(C#N)cnc3c(F)cc(C4CC4)cc23)CCC1C=O. The Morgan fingerprint density at radius 2 is 2.16 bits per heavy atom. The summed E-state index contributed by atoms with van der Waals surface area (Å²) in [5.74, 6) is 0.365. The summed E-state index contributed by atoms with van der Waals surface area (Å²) >= 11 is 0. The minimum absolute atomic E-state index is 0.0497. The first-order valence-corrected chi connectivity index (χ1v) is 8.85. The van der Waals surface area contributed by atoms with Gasteiger partial charge in [-0.3, -0.25) is 4.98 Å². The number of pyridine rings is 1. The number of fused-ring (bicyclic) bond motifs is 1. The number of halogens is 1. The maximum Gasteiger partial charge on any atom is 0.149 e. The number of nitriles is 1. The van der Waals surface area contributed by atoms with Gasteiger partial charge in [0, 0.05) is 30.6 Å². The predicted molar refractivity (Wildman–Crippen MR) is 93.9 cm³/mol. The average Bonchev–Trinajstić information content (AvgIpc) is 3.45. The normalized spacial score (nSPS) is 23.5. The number of piperidine rings is 1. The summed E-state index contributed by atoms with van der Waals surface area (Å²) in [4.78, 5) is 17.5. The molecule has 1 aliphatic carbocycles. The van der Waals surface area contributed by atoms with Crippen LogP contribution in [0.3, 0.4) is 0 Å². The van der Waals surface area contributed by atoms with E-state index in [1.54, 1.807) is 6.07 Å². The highest BCUT2D eigenvalue weighted by Crippen LogP contribution is 2.43. The van der Waals surface area contributed by atoms with Crippen LogP contribution in [0.5, 0.6) is 0 Å². The molecule has 1 aliphatic heterocycles. The fourth-order valence-electron chi connectivity index (χ4n) is 3.91. The van der Waals surface area contributed by atoms with Gasteiger partial charge in [-0.1, -0.05) is 6.92 Å². The van der Waals surface area contributed by atoms with Crippen LogP contribution >= 0.6 is 0 Å². The minimum Gasteiger partial charge on any atom is -0.370 e. The molecule has 2 aromatic rings.